The van der Waals surface area contributed by atoms with E-state index in [-0.39, 0.29) is 5.75 Å². The Labute approximate surface area is 103 Å². The lowest BCUT2D eigenvalue weighted by molar-refractivity contribution is 0.264. The number of anilines is 1. The molecular formula is C13H21N3O. The highest BCUT2D eigenvalue weighted by molar-refractivity contribution is 5.53. The summed E-state index contributed by atoms with van der Waals surface area (Å²) < 4.78 is 0. The number of nitrogen functional groups attached to an aromatic ring is 1. The van der Waals surface area contributed by atoms with Crippen molar-refractivity contribution in [2.45, 2.75) is 19.0 Å². The van der Waals surface area contributed by atoms with E-state index in [2.05, 4.69) is 23.9 Å². The zero-order chi connectivity index (χ0) is 12.4. The van der Waals surface area contributed by atoms with E-state index in [4.69, 9.17) is 5.73 Å². The quantitative estimate of drug-likeness (QED) is 0.609. The standard InChI is InChI=1S/C13H21N3O/c1-15(2)11-5-6-16(9-11)8-10-3-4-13(17)12(14)7-10/h3-4,7,11,17H,5-6,8-9,14H2,1-2H3. The summed E-state index contributed by atoms with van der Waals surface area (Å²) in [6.45, 7) is 3.15. The molecule has 1 fully saturated rings. The summed E-state index contributed by atoms with van der Waals surface area (Å²) in [5.41, 5.74) is 7.32. The molecule has 3 N–H and O–H groups in total. The second-order valence-electron chi connectivity index (χ2n) is 5.03. The van der Waals surface area contributed by atoms with Crippen molar-refractivity contribution in [1.82, 2.24) is 9.80 Å². The van der Waals surface area contributed by atoms with Crippen molar-refractivity contribution in [1.29, 1.82) is 0 Å². The Morgan fingerprint density at radius 3 is 2.82 bits per heavy atom. The summed E-state index contributed by atoms with van der Waals surface area (Å²) in [7, 11) is 4.26. The number of hydrogen-bond acceptors (Lipinski definition) is 4. The summed E-state index contributed by atoms with van der Waals surface area (Å²) in [6.07, 6.45) is 1.22. The Morgan fingerprint density at radius 2 is 2.24 bits per heavy atom. The number of phenolic OH excluding ortho intramolecular Hbond substituents is 1. The van der Waals surface area contributed by atoms with E-state index in [0.717, 1.165) is 19.6 Å². The number of phenols is 1. The molecule has 4 heteroatoms. The van der Waals surface area contributed by atoms with Gasteiger partial charge in [-0.25, -0.2) is 0 Å². The van der Waals surface area contributed by atoms with Crippen LogP contribution in [0.2, 0.25) is 0 Å². The molecule has 1 aromatic rings. The van der Waals surface area contributed by atoms with Crippen LogP contribution in [-0.2, 0) is 6.54 Å². The van der Waals surface area contributed by atoms with E-state index in [1.807, 2.05) is 12.1 Å². The summed E-state index contributed by atoms with van der Waals surface area (Å²) in [5.74, 6) is 0.168. The Balaban J connectivity index is 1.96. The Hall–Kier alpha value is -1.26. The first kappa shape index (κ1) is 12.2. The van der Waals surface area contributed by atoms with Gasteiger partial charge in [0.1, 0.15) is 5.75 Å². The number of nitrogens with zero attached hydrogens (tertiary/aromatic N) is 2. The molecule has 4 nitrogen and oxygen atoms in total. The third-order valence-corrected chi connectivity index (χ3v) is 3.48. The molecule has 1 atom stereocenters. The normalized spacial score (nSPS) is 21.2. The van der Waals surface area contributed by atoms with Crippen LogP contribution in [0.1, 0.15) is 12.0 Å². The third kappa shape index (κ3) is 2.90. The molecule has 0 spiro atoms. The number of likely N-dealkylation sites (tertiary alicyclic amines) is 1. The maximum Gasteiger partial charge on any atom is 0.138 e. The second-order valence-corrected chi connectivity index (χ2v) is 5.03. The first-order valence-corrected chi connectivity index (χ1v) is 6.02. The molecule has 0 amide bonds. The first-order chi connectivity index (χ1) is 8.06. The zero-order valence-electron chi connectivity index (χ0n) is 10.6. The van der Waals surface area contributed by atoms with E-state index in [0.29, 0.717) is 11.7 Å². The maximum atomic E-state index is 9.37. The smallest absolute Gasteiger partial charge is 0.138 e. The molecule has 0 saturated carbocycles. The minimum absolute atomic E-state index is 0.168. The van der Waals surface area contributed by atoms with Gasteiger partial charge in [0, 0.05) is 25.7 Å². The highest BCUT2D eigenvalue weighted by Gasteiger charge is 2.23. The minimum atomic E-state index is 0.168. The molecule has 0 aliphatic carbocycles. The Bertz CT molecular complexity index is 392. The van der Waals surface area contributed by atoms with Crippen LogP contribution in [-0.4, -0.2) is 48.1 Å². The molecule has 1 unspecified atom stereocenters. The van der Waals surface area contributed by atoms with Gasteiger partial charge in [-0.15, -0.1) is 0 Å². The number of likely N-dealkylation sites (N-methyl/N-ethyl adjacent to an activating group) is 1. The average molecular weight is 235 g/mol. The molecule has 1 heterocycles. The van der Waals surface area contributed by atoms with E-state index in [9.17, 15) is 5.11 Å². The molecule has 1 saturated heterocycles. The van der Waals surface area contributed by atoms with Gasteiger partial charge in [0.05, 0.1) is 5.69 Å². The van der Waals surface area contributed by atoms with Gasteiger partial charge in [0.2, 0.25) is 0 Å². The Morgan fingerprint density at radius 1 is 1.47 bits per heavy atom. The molecule has 1 aromatic carbocycles. The monoisotopic (exact) mass is 235 g/mol. The molecule has 1 aliphatic heterocycles. The van der Waals surface area contributed by atoms with Gasteiger partial charge in [-0.2, -0.15) is 0 Å². The fourth-order valence-corrected chi connectivity index (χ4v) is 2.34. The van der Waals surface area contributed by atoms with Crippen molar-refractivity contribution in [3.8, 4) is 5.75 Å². The lowest BCUT2D eigenvalue weighted by Gasteiger charge is -2.20. The van der Waals surface area contributed by atoms with Crippen LogP contribution in [0.15, 0.2) is 18.2 Å². The number of hydrogen-bond donors (Lipinski definition) is 2. The summed E-state index contributed by atoms with van der Waals surface area (Å²) in [5, 5.41) is 9.37. The minimum Gasteiger partial charge on any atom is -0.506 e. The molecule has 94 valence electrons. The van der Waals surface area contributed by atoms with Crippen molar-refractivity contribution < 1.29 is 5.11 Å². The van der Waals surface area contributed by atoms with Gasteiger partial charge in [-0.05, 0) is 38.2 Å². The van der Waals surface area contributed by atoms with Crippen LogP contribution in [0.4, 0.5) is 5.69 Å². The van der Waals surface area contributed by atoms with Crippen LogP contribution >= 0.6 is 0 Å². The van der Waals surface area contributed by atoms with Gasteiger partial charge in [-0.3, -0.25) is 4.90 Å². The van der Waals surface area contributed by atoms with E-state index in [1.54, 1.807) is 6.07 Å². The highest BCUT2D eigenvalue weighted by Crippen LogP contribution is 2.22. The van der Waals surface area contributed by atoms with Crippen LogP contribution < -0.4 is 5.73 Å². The highest BCUT2D eigenvalue weighted by atomic mass is 16.3. The number of benzene rings is 1. The maximum absolute atomic E-state index is 9.37. The topological polar surface area (TPSA) is 52.7 Å². The number of rotatable bonds is 3. The van der Waals surface area contributed by atoms with Crippen molar-refractivity contribution in [3.05, 3.63) is 23.8 Å². The van der Waals surface area contributed by atoms with Gasteiger partial charge < -0.3 is 15.7 Å². The van der Waals surface area contributed by atoms with Gasteiger partial charge >= 0.3 is 0 Å². The predicted molar refractivity (Wildman–Crippen MR) is 69.9 cm³/mol. The number of nitrogens with two attached hydrogens (primary N) is 1. The SMILES string of the molecule is CN(C)C1CCN(Cc2ccc(O)c(N)c2)C1. The van der Waals surface area contributed by atoms with E-state index >= 15 is 0 Å². The van der Waals surface area contributed by atoms with Gasteiger partial charge in [0.25, 0.3) is 0 Å². The second kappa shape index (κ2) is 4.94. The van der Waals surface area contributed by atoms with Crippen molar-refractivity contribution in [2.75, 3.05) is 32.9 Å². The largest absolute Gasteiger partial charge is 0.506 e. The zero-order valence-corrected chi connectivity index (χ0v) is 10.6. The lowest BCUT2D eigenvalue weighted by atomic mass is 10.2. The van der Waals surface area contributed by atoms with Crippen molar-refractivity contribution in [3.63, 3.8) is 0 Å². The molecule has 1 aliphatic rings. The van der Waals surface area contributed by atoms with Crippen LogP contribution in [0.5, 0.6) is 5.75 Å². The molecule has 17 heavy (non-hydrogen) atoms. The van der Waals surface area contributed by atoms with Gasteiger partial charge in [0.15, 0.2) is 0 Å². The Kier molecular flexibility index (Phi) is 3.54. The van der Waals surface area contributed by atoms with Crippen LogP contribution in [0, 0.1) is 0 Å². The third-order valence-electron chi connectivity index (χ3n) is 3.48. The summed E-state index contributed by atoms with van der Waals surface area (Å²) in [4.78, 5) is 4.71. The fourth-order valence-electron chi connectivity index (χ4n) is 2.34. The van der Waals surface area contributed by atoms with Crippen LogP contribution in [0.3, 0.4) is 0 Å². The lowest BCUT2D eigenvalue weighted by Crippen LogP contribution is -2.31. The predicted octanol–water partition coefficient (Wildman–Crippen LogP) is 1.11. The molecule has 0 radical (unpaired) electrons. The molecule has 2 rings (SSSR count). The average Bonchev–Trinajstić information content (AvgIpc) is 2.72. The molecular weight excluding hydrogens is 214 g/mol. The van der Waals surface area contributed by atoms with E-state index < -0.39 is 0 Å². The van der Waals surface area contributed by atoms with Crippen molar-refractivity contribution in [2.24, 2.45) is 0 Å². The van der Waals surface area contributed by atoms with Crippen LogP contribution in [0.25, 0.3) is 0 Å². The first-order valence-electron chi connectivity index (χ1n) is 6.02. The van der Waals surface area contributed by atoms with E-state index in [1.165, 1.54) is 12.0 Å². The van der Waals surface area contributed by atoms with Crippen molar-refractivity contribution >= 4 is 5.69 Å². The fraction of sp³-hybridized carbons (Fsp3) is 0.538. The molecule has 0 aromatic heterocycles. The molecule has 0 bridgehead atoms. The van der Waals surface area contributed by atoms with Gasteiger partial charge in [-0.1, -0.05) is 6.07 Å². The number of aromatic hydroxyl groups is 1. The summed E-state index contributed by atoms with van der Waals surface area (Å²) in [6, 6.07) is 6.13. The summed E-state index contributed by atoms with van der Waals surface area (Å²) >= 11 is 0.